The summed E-state index contributed by atoms with van der Waals surface area (Å²) in [5.74, 6) is 0.107. The number of carbonyl (C=O) groups excluding carboxylic acids is 1. The second kappa shape index (κ2) is 9.55. The molecule has 0 aliphatic heterocycles. The summed E-state index contributed by atoms with van der Waals surface area (Å²) in [6.07, 6.45) is 1.46. The molecule has 8 heteroatoms. The van der Waals surface area contributed by atoms with E-state index in [1.807, 2.05) is 31.2 Å². The molecule has 0 atom stereocenters. The van der Waals surface area contributed by atoms with E-state index in [4.69, 9.17) is 16.3 Å². The summed E-state index contributed by atoms with van der Waals surface area (Å²) < 4.78 is 31.5. The van der Waals surface area contributed by atoms with Crippen molar-refractivity contribution in [3.8, 4) is 5.75 Å². The van der Waals surface area contributed by atoms with Crippen molar-refractivity contribution in [2.45, 2.75) is 13.3 Å². The third kappa shape index (κ3) is 7.05. The average molecular weight is 409 g/mol. The molecular formula is C19H21ClN2O4S. The number of benzene rings is 2. The molecule has 6 nitrogen and oxygen atoms in total. The molecule has 0 radical (unpaired) electrons. The Bertz CT molecular complexity index is 925. The van der Waals surface area contributed by atoms with Gasteiger partial charge in [-0.3, -0.25) is 4.79 Å². The van der Waals surface area contributed by atoms with Crippen molar-refractivity contribution in [1.29, 1.82) is 0 Å². The molecular weight excluding hydrogens is 388 g/mol. The van der Waals surface area contributed by atoms with E-state index in [0.717, 1.165) is 16.5 Å². The molecule has 0 saturated carbocycles. The van der Waals surface area contributed by atoms with Gasteiger partial charge in [0.05, 0.1) is 12.8 Å². The normalized spacial score (nSPS) is 11.5. The number of hydrogen-bond donors (Lipinski definition) is 2. The molecule has 2 aromatic rings. The van der Waals surface area contributed by atoms with Crippen LogP contribution in [0, 0.1) is 6.92 Å². The summed E-state index contributed by atoms with van der Waals surface area (Å²) in [6.45, 7) is 1.92. The molecule has 0 fully saturated rings. The van der Waals surface area contributed by atoms with Gasteiger partial charge in [0, 0.05) is 23.4 Å². The Balaban J connectivity index is 1.86. The Morgan fingerprint density at radius 3 is 2.56 bits per heavy atom. The summed E-state index contributed by atoms with van der Waals surface area (Å²) >= 11 is 5.91. The van der Waals surface area contributed by atoms with Gasteiger partial charge in [-0.15, -0.1) is 0 Å². The standard InChI is InChI=1S/C19H21ClN2O4S/c1-14-3-5-15(6-4-14)10-12-27(24,25)21-11-9-19(23)22-17-13-16(20)7-8-18(17)26-2/h3-8,10,12-13,21H,9,11H2,1-2H3,(H,22,23)/b12-10+. The molecule has 2 N–H and O–H groups in total. The number of sulfonamides is 1. The number of ether oxygens (including phenoxy) is 1. The van der Waals surface area contributed by atoms with E-state index >= 15 is 0 Å². The van der Waals surface area contributed by atoms with Crippen LogP contribution in [0.15, 0.2) is 47.9 Å². The lowest BCUT2D eigenvalue weighted by molar-refractivity contribution is -0.116. The zero-order chi connectivity index (χ0) is 19.9. The topological polar surface area (TPSA) is 84.5 Å². The maximum atomic E-state index is 12.0. The van der Waals surface area contributed by atoms with E-state index in [2.05, 4.69) is 10.0 Å². The Morgan fingerprint density at radius 1 is 1.19 bits per heavy atom. The van der Waals surface area contributed by atoms with Crippen molar-refractivity contribution in [3.63, 3.8) is 0 Å². The molecule has 2 rings (SSSR count). The number of hydrogen-bond acceptors (Lipinski definition) is 4. The molecule has 0 aliphatic carbocycles. The Labute approximate surface area is 164 Å². The van der Waals surface area contributed by atoms with Gasteiger partial charge in [0.15, 0.2) is 0 Å². The largest absolute Gasteiger partial charge is 0.495 e. The number of rotatable bonds is 8. The summed E-state index contributed by atoms with van der Waals surface area (Å²) in [4.78, 5) is 12.0. The number of carbonyl (C=O) groups is 1. The van der Waals surface area contributed by atoms with Gasteiger partial charge in [-0.05, 0) is 36.8 Å². The third-order valence-electron chi connectivity index (χ3n) is 3.61. The molecule has 2 aromatic carbocycles. The first-order valence-electron chi connectivity index (χ1n) is 8.17. The predicted molar refractivity (Wildman–Crippen MR) is 108 cm³/mol. The quantitative estimate of drug-likeness (QED) is 0.699. The zero-order valence-corrected chi connectivity index (χ0v) is 16.6. The molecule has 0 aliphatic rings. The van der Waals surface area contributed by atoms with Crippen LogP contribution in [-0.2, 0) is 14.8 Å². The molecule has 0 spiro atoms. The molecule has 0 saturated heterocycles. The van der Waals surface area contributed by atoms with E-state index in [1.165, 1.54) is 13.2 Å². The van der Waals surface area contributed by atoms with Gasteiger partial charge in [-0.1, -0.05) is 41.4 Å². The van der Waals surface area contributed by atoms with Gasteiger partial charge in [-0.25, -0.2) is 13.1 Å². The van der Waals surface area contributed by atoms with Gasteiger partial charge in [0.2, 0.25) is 15.9 Å². The van der Waals surface area contributed by atoms with E-state index in [0.29, 0.717) is 16.5 Å². The van der Waals surface area contributed by atoms with Gasteiger partial charge < -0.3 is 10.1 Å². The lowest BCUT2D eigenvalue weighted by atomic mass is 10.2. The van der Waals surface area contributed by atoms with Crippen molar-refractivity contribution in [1.82, 2.24) is 4.72 Å². The van der Waals surface area contributed by atoms with Crippen LogP contribution in [0.4, 0.5) is 5.69 Å². The monoisotopic (exact) mass is 408 g/mol. The fourth-order valence-electron chi connectivity index (χ4n) is 2.19. The predicted octanol–water partition coefficient (Wildman–Crippen LogP) is 3.58. The second-order valence-electron chi connectivity index (χ2n) is 5.80. The fraction of sp³-hybridized carbons (Fsp3) is 0.211. The number of methoxy groups -OCH3 is 1. The van der Waals surface area contributed by atoms with Crippen LogP contribution in [0.2, 0.25) is 5.02 Å². The summed E-state index contributed by atoms with van der Waals surface area (Å²) in [7, 11) is -2.15. The molecule has 0 unspecified atom stereocenters. The second-order valence-corrected chi connectivity index (χ2v) is 7.88. The maximum Gasteiger partial charge on any atom is 0.233 e. The van der Waals surface area contributed by atoms with Gasteiger partial charge in [-0.2, -0.15) is 0 Å². The van der Waals surface area contributed by atoms with E-state index < -0.39 is 10.0 Å². The molecule has 0 aromatic heterocycles. The summed E-state index contributed by atoms with van der Waals surface area (Å²) in [5, 5.41) is 4.18. The van der Waals surface area contributed by atoms with Crippen molar-refractivity contribution in [2.75, 3.05) is 19.0 Å². The first-order valence-corrected chi connectivity index (χ1v) is 10.1. The summed E-state index contributed by atoms with van der Waals surface area (Å²) in [5.41, 5.74) is 2.30. The van der Waals surface area contributed by atoms with Crippen molar-refractivity contribution >= 4 is 39.3 Å². The number of nitrogens with one attached hydrogen (secondary N) is 2. The van der Waals surface area contributed by atoms with Crippen molar-refractivity contribution < 1.29 is 17.9 Å². The minimum atomic E-state index is -3.63. The number of anilines is 1. The third-order valence-corrected chi connectivity index (χ3v) is 4.94. The van der Waals surface area contributed by atoms with E-state index in [1.54, 1.807) is 18.2 Å². The van der Waals surface area contributed by atoms with Crippen molar-refractivity contribution in [3.05, 3.63) is 64.0 Å². The SMILES string of the molecule is COc1ccc(Cl)cc1NC(=O)CCNS(=O)(=O)/C=C/c1ccc(C)cc1. The Morgan fingerprint density at radius 2 is 1.89 bits per heavy atom. The Kier molecular flexibility index (Phi) is 7.41. The van der Waals surface area contributed by atoms with Crippen molar-refractivity contribution in [2.24, 2.45) is 0 Å². The zero-order valence-electron chi connectivity index (χ0n) is 15.0. The molecule has 0 heterocycles. The maximum absolute atomic E-state index is 12.0. The molecule has 27 heavy (non-hydrogen) atoms. The van der Waals surface area contributed by atoms with Crippen LogP contribution in [0.5, 0.6) is 5.75 Å². The Hall–Kier alpha value is -2.35. The van der Waals surface area contributed by atoms with Crippen LogP contribution < -0.4 is 14.8 Å². The van der Waals surface area contributed by atoms with Crippen LogP contribution in [0.25, 0.3) is 6.08 Å². The lowest BCUT2D eigenvalue weighted by Gasteiger charge is -2.10. The van der Waals surface area contributed by atoms with E-state index in [-0.39, 0.29) is 18.9 Å². The fourth-order valence-corrected chi connectivity index (χ4v) is 3.18. The number of halogens is 1. The molecule has 0 bridgehead atoms. The van der Waals surface area contributed by atoms with E-state index in [9.17, 15) is 13.2 Å². The van der Waals surface area contributed by atoms with Crippen LogP contribution in [0.1, 0.15) is 17.5 Å². The van der Waals surface area contributed by atoms with Gasteiger partial charge in [0.25, 0.3) is 0 Å². The smallest absolute Gasteiger partial charge is 0.233 e. The van der Waals surface area contributed by atoms with Crippen LogP contribution >= 0.6 is 11.6 Å². The minimum Gasteiger partial charge on any atom is -0.495 e. The number of amides is 1. The highest BCUT2D eigenvalue weighted by molar-refractivity contribution is 7.92. The summed E-state index contributed by atoms with van der Waals surface area (Å²) in [6, 6.07) is 12.3. The highest BCUT2D eigenvalue weighted by atomic mass is 35.5. The first-order chi connectivity index (χ1) is 12.8. The average Bonchev–Trinajstić information content (AvgIpc) is 2.61. The molecule has 144 valence electrons. The lowest BCUT2D eigenvalue weighted by Crippen LogP contribution is -2.26. The van der Waals surface area contributed by atoms with Gasteiger partial charge in [0.1, 0.15) is 5.75 Å². The highest BCUT2D eigenvalue weighted by Gasteiger charge is 2.10. The van der Waals surface area contributed by atoms with Crippen LogP contribution in [0.3, 0.4) is 0 Å². The van der Waals surface area contributed by atoms with Crippen LogP contribution in [-0.4, -0.2) is 28.0 Å². The minimum absolute atomic E-state index is 0.0325. The highest BCUT2D eigenvalue weighted by Crippen LogP contribution is 2.27. The molecule has 1 amide bonds. The van der Waals surface area contributed by atoms with Gasteiger partial charge >= 0.3 is 0 Å². The first kappa shape index (κ1) is 21.0. The number of aryl methyl sites for hydroxylation is 1.